The summed E-state index contributed by atoms with van der Waals surface area (Å²) in [6, 6.07) is 8.56. The van der Waals surface area contributed by atoms with Crippen molar-refractivity contribution in [3.8, 4) is 5.75 Å². The van der Waals surface area contributed by atoms with Crippen molar-refractivity contribution >= 4 is 10.0 Å². The Morgan fingerprint density at radius 1 is 0.943 bits per heavy atom. The van der Waals surface area contributed by atoms with E-state index in [0.29, 0.717) is 18.2 Å². The van der Waals surface area contributed by atoms with Crippen LogP contribution in [0.5, 0.6) is 5.75 Å². The first-order valence-electron chi connectivity index (χ1n) is 12.5. The predicted octanol–water partition coefficient (Wildman–Crippen LogP) is 1.73. The first-order valence-corrected chi connectivity index (χ1v) is 13.9. The third-order valence-electron chi connectivity index (χ3n) is 7.16. The number of aromatic nitrogens is 2. The monoisotopic (exact) mass is 504 g/mol. The molecule has 2 aliphatic heterocycles. The van der Waals surface area contributed by atoms with E-state index in [-0.39, 0.29) is 19.7 Å². The van der Waals surface area contributed by atoms with Crippen molar-refractivity contribution in [2.75, 3.05) is 32.8 Å². The number of nitrogens with zero attached hydrogens (tertiary/aromatic N) is 4. The maximum Gasteiger partial charge on any atom is 0.330 e. The molecule has 1 atom stereocenters. The van der Waals surface area contributed by atoms with E-state index in [9.17, 15) is 18.0 Å². The molecule has 10 heteroatoms. The zero-order valence-electron chi connectivity index (χ0n) is 20.7. The van der Waals surface area contributed by atoms with Gasteiger partial charge in [-0.05, 0) is 69.3 Å². The fourth-order valence-electron chi connectivity index (χ4n) is 5.12. The predicted molar refractivity (Wildman–Crippen MR) is 134 cm³/mol. The highest BCUT2D eigenvalue weighted by atomic mass is 32.2. The summed E-state index contributed by atoms with van der Waals surface area (Å²) in [5, 5.41) is 0. The van der Waals surface area contributed by atoms with Crippen LogP contribution >= 0.6 is 0 Å². The first kappa shape index (κ1) is 25.7. The Balaban J connectivity index is 1.60. The molecule has 4 rings (SSSR count). The average molecular weight is 505 g/mol. The minimum Gasteiger partial charge on any atom is -0.492 e. The van der Waals surface area contributed by atoms with Crippen LogP contribution in [-0.2, 0) is 30.5 Å². The van der Waals surface area contributed by atoms with Crippen molar-refractivity contribution in [3.05, 3.63) is 56.9 Å². The topological polar surface area (TPSA) is 93.8 Å². The van der Waals surface area contributed by atoms with Crippen molar-refractivity contribution in [1.82, 2.24) is 18.3 Å². The van der Waals surface area contributed by atoms with Gasteiger partial charge in [-0.3, -0.25) is 9.36 Å². The van der Waals surface area contributed by atoms with Gasteiger partial charge in [0.1, 0.15) is 12.4 Å². The second kappa shape index (κ2) is 11.1. The lowest BCUT2D eigenvalue weighted by Gasteiger charge is -2.36. The fraction of sp³-hybridized carbons (Fsp3) is 0.600. The van der Waals surface area contributed by atoms with E-state index < -0.39 is 26.2 Å². The summed E-state index contributed by atoms with van der Waals surface area (Å²) < 4.78 is 36.3. The summed E-state index contributed by atoms with van der Waals surface area (Å²) in [6.07, 6.45) is 8.45. The highest BCUT2D eigenvalue weighted by molar-refractivity contribution is 7.89. The first-order chi connectivity index (χ1) is 16.8. The lowest BCUT2D eigenvalue weighted by molar-refractivity contribution is 0.137. The minimum atomic E-state index is -4.11. The third-order valence-corrected chi connectivity index (χ3v) is 9.04. The lowest BCUT2D eigenvalue weighted by atomic mass is 9.95. The summed E-state index contributed by atoms with van der Waals surface area (Å²) in [6.45, 7) is 2.60. The van der Waals surface area contributed by atoms with E-state index in [0.717, 1.165) is 47.7 Å². The molecule has 0 saturated carbocycles. The van der Waals surface area contributed by atoms with E-state index >= 15 is 0 Å². The van der Waals surface area contributed by atoms with Crippen LogP contribution in [-0.4, -0.2) is 65.6 Å². The van der Waals surface area contributed by atoms with E-state index in [4.69, 9.17) is 4.74 Å². The Morgan fingerprint density at radius 2 is 1.69 bits per heavy atom. The number of benzene rings is 1. The molecule has 0 N–H and O–H groups in total. The molecule has 1 unspecified atom stereocenters. The third kappa shape index (κ3) is 5.87. The summed E-state index contributed by atoms with van der Waals surface area (Å²) in [4.78, 5) is 27.0. The normalized spacial score (nSPS) is 21.4. The number of hydrogen-bond donors (Lipinski definition) is 0. The van der Waals surface area contributed by atoms with Crippen LogP contribution in [0.4, 0.5) is 0 Å². The van der Waals surface area contributed by atoms with Gasteiger partial charge in [-0.1, -0.05) is 18.6 Å². The second-order valence-electron chi connectivity index (χ2n) is 9.58. The molecule has 2 aromatic rings. The van der Waals surface area contributed by atoms with E-state index in [2.05, 4.69) is 11.0 Å². The smallest absolute Gasteiger partial charge is 0.330 e. The van der Waals surface area contributed by atoms with Crippen molar-refractivity contribution in [1.29, 1.82) is 0 Å². The van der Waals surface area contributed by atoms with Crippen LogP contribution in [0.3, 0.4) is 0 Å². The molecular formula is C25H36N4O5S. The minimum absolute atomic E-state index is 0.116. The van der Waals surface area contributed by atoms with Crippen LogP contribution in [0, 0.1) is 0 Å². The van der Waals surface area contributed by atoms with Gasteiger partial charge in [0.2, 0.25) is 10.0 Å². The van der Waals surface area contributed by atoms with E-state index in [1.807, 2.05) is 18.2 Å². The van der Waals surface area contributed by atoms with E-state index in [1.54, 1.807) is 0 Å². The molecule has 0 aliphatic carbocycles. The van der Waals surface area contributed by atoms with Crippen LogP contribution in [0.25, 0.3) is 0 Å². The average Bonchev–Trinajstić information content (AvgIpc) is 2.85. The highest BCUT2D eigenvalue weighted by Gasteiger charge is 2.29. The SMILES string of the molecule is Cn1cc(S(=O)(=O)N2CCCCN3CCCCC3CCc3cccc(c3)OCC2)c(=O)n(C)c1=O. The molecule has 0 radical (unpaired) electrons. The van der Waals surface area contributed by atoms with Gasteiger partial charge in [-0.2, -0.15) is 4.31 Å². The maximum atomic E-state index is 13.6. The summed E-state index contributed by atoms with van der Waals surface area (Å²) in [7, 11) is -1.38. The van der Waals surface area contributed by atoms with Crippen LogP contribution < -0.4 is 16.0 Å². The maximum absolute atomic E-state index is 13.6. The van der Waals surface area contributed by atoms with Crippen molar-refractivity contribution in [2.24, 2.45) is 14.1 Å². The molecule has 192 valence electrons. The molecule has 0 spiro atoms. The Morgan fingerprint density at radius 3 is 2.49 bits per heavy atom. The number of sulfonamides is 1. The van der Waals surface area contributed by atoms with Gasteiger partial charge in [-0.15, -0.1) is 0 Å². The molecule has 1 aromatic carbocycles. The summed E-state index contributed by atoms with van der Waals surface area (Å²) in [5.41, 5.74) is -0.153. The molecule has 0 amide bonds. The Bertz CT molecular complexity index is 1250. The molecule has 3 heterocycles. The number of aryl methyl sites for hydroxylation is 2. The number of fused-ring (bicyclic) bond motifs is 3. The molecule has 1 fully saturated rings. The zero-order valence-corrected chi connectivity index (χ0v) is 21.5. The standard InChI is InChI=1S/C25H36N4O5S/c1-26-19-23(24(30)27(2)25(26)31)35(32,33)29-15-6-5-14-28-13-4-3-9-21(28)12-11-20-8-7-10-22(18-20)34-17-16-29/h7-8,10,18-19,21H,3-6,9,11-17H2,1-2H3. The van der Waals surface area contributed by atoms with Crippen molar-refractivity contribution in [2.45, 2.75) is 55.9 Å². The van der Waals surface area contributed by atoms with Crippen LogP contribution in [0.1, 0.15) is 44.1 Å². The number of hydrogen-bond acceptors (Lipinski definition) is 6. The second-order valence-corrected chi connectivity index (χ2v) is 11.5. The van der Waals surface area contributed by atoms with Gasteiger partial charge in [-0.25, -0.2) is 13.2 Å². The Hall–Kier alpha value is -2.43. The van der Waals surface area contributed by atoms with Crippen LogP contribution in [0.15, 0.2) is 44.9 Å². The quantitative estimate of drug-likeness (QED) is 0.619. The van der Waals surface area contributed by atoms with E-state index in [1.165, 1.54) is 43.2 Å². The van der Waals surface area contributed by atoms with Gasteiger partial charge in [0.15, 0.2) is 4.90 Å². The van der Waals surface area contributed by atoms with Gasteiger partial charge < -0.3 is 14.2 Å². The highest BCUT2D eigenvalue weighted by Crippen LogP contribution is 2.24. The van der Waals surface area contributed by atoms with Crippen molar-refractivity contribution < 1.29 is 13.2 Å². The number of ether oxygens (including phenoxy) is 1. The lowest BCUT2D eigenvalue weighted by Crippen LogP contribution is -2.44. The van der Waals surface area contributed by atoms with Gasteiger partial charge in [0.25, 0.3) is 5.56 Å². The zero-order chi connectivity index (χ0) is 25.0. The number of rotatable bonds is 2. The largest absolute Gasteiger partial charge is 0.492 e. The Labute approximate surface area is 207 Å². The Kier molecular flexibility index (Phi) is 8.13. The molecule has 1 aromatic heterocycles. The molecule has 2 aliphatic rings. The van der Waals surface area contributed by atoms with Crippen molar-refractivity contribution in [3.63, 3.8) is 0 Å². The number of piperidine rings is 1. The molecule has 9 nitrogen and oxygen atoms in total. The van der Waals surface area contributed by atoms with Gasteiger partial charge >= 0.3 is 5.69 Å². The van der Waals surface area contributed by atoms with Gasteiger partial charge in [0.05, 0.1) is 0 Å². The summed E-state index contributed by atoms with van der Waals surface area (Å²) >= 11 is 0. The fourth-order valence-corrected chi connectivity index (χ4v) is 6.73. The van der Waals surface area contributed by atoms with Gasteiger partial charge in [0, 0.05) is 39.4 Å². The molecular weight excluding hydrogens is 468 g/mol. The van der Waals surface area contributed by atoms with Crippen LogP contribution in [0.2, 0.25) is 0 Å². The summed E-state index contributed by atoms with van der Waals surface area (Å²) in [5.74, 6) is 0.716. The molecule has 35 heavy (non-hydrogen) atoms. The molecule has 1 saturated heterocycles. The molecule has 2 bridgehead atoms.